The van der Waals surface area contributed by atoms with E-state index in [1.165, 1.54) is 0 Å². The fraction of sp³-hybridized carbons (Fsp3) is 0.286. The van der Waals surface area contributed by atoms with Crippen LogP contribution in [0.4, 0.5) is 0 Å². The Morgan fingerprint density at radius 2 is 1.95 bits per heavy atom. The van der Waals surface area contributed by atoms with Gasteiger partial charge in [0.25, 0.3) is 5.91 Å². The lowest BCUT2D eigenvalue weighted by molar-refractivity contribution is -0.139. The van der Waals surface area contributed by atoms with Crippen LogP contribution in [0.25, 0.3) is 10.9 Å². The molecule has 0 bridgehead atoms. The minimum absolute atomic E-state index is 0.0582. The van der Waals surface area contributed by atoms with Crippen molar-refractivity contribution in [2.24, 2.45) is 5.92 Å². The van der Waals surface area contributed by atoms with Gasteiger partial charge in [0.2, 0.25) is 0 Å². The third-order valence-corrected chi connectivity index (χ3v) is 5.50. The van der Waals surface area contributed by atoms with Crippen LogP contribution >= 0.6 is 31.9 Å². The van der Waals surface area contributed by atoms with E-state index in [0.717, 1.165) is 19.8 Å². The normalized spacial score (nSPS) is 15.2. The fourth-order valence-corrected chi connectivity index (χ4v) is 3.26. The maximum Gasteiger partial charge on any atom is 0.303 e. The van der Waals surface area contributed by atoms with E-state index in [1.54, 1.807) is 11.1 Å². The van der Waals surface area contributed by atoms with Gasteiger partial charge in [-0.3, -0.25) is 9.59 Å². The molecule has 5 nitrogen and oxygen atoms in total. The Bertz CT molecular complexity index is 735. The van der Waals surface area contributed by atoms with Crippen LogP contribution in [0.15, 0.2) is 27.3 Å². The van der Waals surface area contributed by atoms with Gasteiger partial charge in [-0.05, 0) is 44.0 Å². The molecular weight excluding hydrogens is 404 g/mol. The highest BCUT2D eigenvalue weighted by Gasteiger charge is 2.33. The lowest BCUT2D eigenvalue weighted by Crippen LogP contribution is -2.50. The first kappa shape index (κ1) is 14.6. The quantitative estimate of drug-likeness (QED) is 0.808. The van der Waals surface area contributed by atoms with Crippen molar-refractivity contribution in [3.05, 3.63) is 32.8 Å². The Balaban J connectivity index is 1.80. The van der Waals surface area contributed by atoms with Crippen molar-refractivity contribution in [1.29, 1.82) is 0 Å². The number of carbonyl (C=O) groups is 2. The molecule has 1 amide bonds. The molecule has 1 aromatic heterocycles. The summed E-state index contributed by atoms with van der Waals surface area (Å²) >= 11 is 6.87. The summed E-state index contributed by atoms with van der Waals surface area (Å²) in [6.45, 7) is 1.02. The monoisotopic (exact) mass is 414 g/mol. The number of benzene rings is 1. The number of H-pyrrole nitrogens is 1. The van der Waals surface area contributed by atoms with Gasteiger partial charge >= 0.3 is 5.97 Å². The van der Waals surface area contributed by atoms with E-state index in [4.69, 9.17) is 5.11 Å². The van der Waals surface area contributed by atoms with Crippen LogP contribution in [0.2, 0.25) is 0 Å². The van der Waals surface area contributed by atoms with Gasteiger partial charge in [-0.15, -0.1) is 0 Å². The first-order chi connectivity index (χ1) is 9.95. The Morgan fingerprint density at radius 1 is 1.29 bits per heavy atom. The van der Waals surface area contributed by atoms with E-state index in [-0.39, 0.29) is 18.2 Å². The van der Waals surface area contributed by atoms with E-state index < -0.39 is 5.97 Å². The number of carbonyl (C=O) groups excluding carboxylic acids is 1. The largest absolute Gasteiger partial charge is 0.481 e. The number of carboxylic acids is 1. The van der Waals surface area contributed by atoms with Gasteiger partial charge in [0.15, 0.2) is 0 Å². The number of hydrogen-bond donors (Lipinski definition) is 2. The molecule has 0 aliphatic carbocycles. The highest BCUT2D eigenvalue weighted by Crippen LogP contribution is 2.31. The van der Waals surface area contributed by atoms with E-state index in [1.807, 2.05) is 12.1 Å². The number of nitrogens with zero attached hydrogens (tertiary/aromatic N) is 1. The minimum Gasteiger partial charge on any atom is -0.481 e. The van der Waals surface area contributed by atoms with Crippen LogP contribution < -0.4 is 0 Å². The second-order valence-electron chi connectivity index (χ2n) is 5.19. The maximum absolute atomic E-state index is 12.5. The van der Waals surface area contributed by atoms with Gasteiger partial charge < -0.3 is 15.0 Å². The zero-order valence-electron chi connectivity index (χ0n) is 10.9. The molecule has 0 spiro atoms. The van der Waals surface area contributed by atoms with Gasteiger partial charge in [-0.1, -0.05) is 0 Å². The van der Waals surface area contributed by atoms with Gasteiger partial charge in [0, 0.05) is 45.1 Å². The van der Waals surface area contributed by atoms with Crippen molar-refractivity contribution in [3.63, 3.8) is 0 Å². The summed E-state index contributed by atoms with van der Waals surface area (Å²) in [6.07, 6.45) is 1.83. The number of carboxylic acid groups (broad SMARTS) is 1. The minimum atomic E-state index is -0.812. The topological polar surface area (TPSA) is 73.4 Å². The second-order valence-corrected chi connectivity index (χ2v) is 6.90. The molecule has 0 radical (unpaired) electrons. The molecule has 7 heteroatoms. The average molecular weight is 416 g/mol. The highest BCUT2D eigenvalue weighted by atomic mass is 79.9. The molecular formula is C14H12Br2N2O3. The van der Waals surface area contributed by atoms with E-state index in [9.17, 15) is 9.59 Å². The van der Waals surface area contributed by atoms with Crippen LogP contribution in [-0.2, 0) is 4.79 Å². The van der Waals surface area contributed by atoms with Crippen molar-refractivity contribution in [2.75, 3.05) is 13.1 Å². The molecule has 1 saturated heterocycles. The van der Waals surface area contributed by atoms with Crippen molar-refractivity contribution < 1.29 is 14.7 Å². The zero-order chi connectivity index (χ0) is 15.1. The van der Waals surface area contributed by atoms with Gasteiger partial charge in [0.05, 0.1) is 12.0 Å². The SMILES string of the molecule is O=C(O)CC1CN(C(=O)c2c[nH]c3cc(Br)c(Br)cc23)C1. The Labute approximate surface area is 137 Å². The lowest BCUT2D eigenvalue weighted by atomic mass is 9.95. The summed E-state index contributed by atoms with van der Waals surface area (Å²) in [5.41, 5.74) is 1.50. The molecule has 1 fully saturated rings. The molecule has 1 aliphatic rings. The predicted octanol–water partition coefficient (Wildman–Crippen LogP) is 3.24. The number of aliphatic carboxylic acids is 1. The molecule has 2 aromatic rings. The Hall–Kier alpha value is -1.34. The van der Waals surface area contributed by atoms with Crippen LogP contribution in [0.5, 0.6) is 0 Å². The Kier molecular flexibility index (Phi) is 3.79. The smallest absolute Gasteiger partial charge is 0.303 e. The van der Waals surface area contributed by atoms with Crippen LogP contribution in [-0.4, -0.2) is 40.0 Å². The standard InChI is InChI=1S/C14H12Br2N2O3/c15-10-2-8-9(4-17-12(8)3-11(10)16)14(21)18-5-7(6-18)1-13(19)20/h2-4,7,17H,1,5-6H2,(H,19,20). The van der Waals surface area contributed by atoms with E-state index in [2.05, 4.69) is 36.8 Å². The maximum atomic E-state index is 12.5. The van der Waals surface area contributed by atoms with Crippen LogP contribution in [0.3, 0.4) is 0 Å². The summed E-state index contributed by atoms with van der Waals surface area (Å²) in [7, 11) is 0. The summed E-state index contributed by atoms with van der Waals surface area (Å²) < 4.78 is 1.80. The first-order valence-electron chi connectivity index (χ1n) is 6.43. The molecule has 2 heterocycles. The molecule has 1 aromatic carbocycles. The van der Waals surface area contributed by atoms with Crippen molar-refractivity contribution in [3.8, 4) is 0 Å². The van der Waals surface area contributed by atoms with Gasteiger partial charge in [-0.2, -0.15) is 0 Å². The average Bonchev–Trinajstić information content (AvgIpc) is 2.76. The first-order valence-corrected chi connectivity index (χ1v) is 8.01. The molecule has 21 heavy (non-hydrogen) atoms. The third-order valence-electron chi connectivity index (χ3n) is 3.66. The molecule has 2 N–H and O–H groups in total. The van der Waals surface area contributed by atoms with Crippen molar-refractivity contribution in [2.45, 2.75) is 6.42 Å². The summed E-state index contributed by atoms with van der Waals surface area (Å²) in [6, 6.07) is 3.82. The predicted molar refractivity (Wildman–Crippen MR) is 85.3 cm³/mol. The number of nitrogens with one attached hydrogen (secondary N) is 1. The Morgan fingerprint density at radius 3 is 2.62 bits per heavy atom. The summed E-state index contributed by atoms with van der Waals surface area (Å²) in [5, 5.41) is 9.60. The number of halogens is 2. The molecule has 3 rings (SSSR count). The number of amides is 1. The van der Waals surface area contributed by atoms with Gasteiger partial charge in [0.1, 0.15) is 0 Å². The number of hydrogen-bond acceptors (Lipinski definition) is 2. The molecule has 110 valence electrons. The zero-order valence-corrected chi connectivity index (χ0v) is 14.1. The van der Waals surface area contributed by atoms with Crippen LogP contribution in [0, 0.1) is 5.92 Å². The van der Waals surface area contributed by atoms with Crippen molar-refractivity contribution in [1.82, 2.24) is 9.88 Å². The number of likely N-dealkylation sites (tertiary alicyclic amines) is 1. The molecule has 0 unspecified atom stereocenters. The number of aromatic nitrogens is 1. The van der Waals surface area contributed by atoms with Crippen molar-refractivity contribution >= 4 is 54.6 Å². The number of rotatable bonds is 3. The van der Waals surface area contributed by atoms with Gasteiger partial charge in [-0.25, -0.2) is 0 Å². The fourth-order valence-electron chi connectivity index (χ4n) is 2.58. The molecule has 0 atom stereocenters. The van der Waals surface area contributed by atoms with E-state index >= 15 is 0 Å². The summed E-state index contributed by atoms with van der Waals surface area (Å²) in [4.78, 5) is 27.9. The molecule has 0 saturated carbocycles. The number of fused-ring (bicyclic) bond motifs is 1. The molecule has 1 aliphatic heterocycles. The second kappa shape index (κ2) is 5.46. The highest BCUT2D eigenvalue weighted by molar-refractivity contribution is 9.13. The van der Waals surface area contributed by atoms with E-state index in [0.29, 0.717) is 18.7 Å². The third kappa shape index (κ3) is 2.72. The van der Waals surface area contributed by atoms with Crippen LogP contribution in [0.1, 0.15) is 16.8 Å². The lowest BCUT2D eigenvalue weighted by Gasteiger charge is -2.38. The summed E-state index contributed by atoms with van der Waals surface area (Å²) in [5.74, 6) is -0.803. The number of aromatic amines is 1.